The molecule has 0 aromatic rings. The quantitative estimate of drug-likeness (QED) is 0.332. The monoisotopic (exact) mass is 162 g/mol. The first-order chi connectivity index (χ1) is 4.63. The molecule has 0 N–H and O–H groups in total. The Labute approximate surface area is 63.7 Å². The number of esters is 1. The molecule has 0 unspecified atom stereocenters. The highest BCUT2D eigenvalue weighted by molar-refractivity contribution is 6.27. The summed E-state index contributed by atoms with van der Waals surface area (Å²) >= 11 is 0. The van der Waals surface area contributed by atoms with Crippen LogP contribution in [-0.4, -0.2) is 28.1 Å². The van der Waals surface area contributed by atoms with Crippen LogP contribution in [0.15, 0.2) is 0 Å². The van der Waals surface area contributed by atoms with E-state index < -0.39 is 9.76 Å². The third kappa shape index (κ3) is 7.65. The van der Waals surface area contributed by atoms with Crippen LogP contribution in [-0.2, 0) is 14.0 Å². The minimum atomic E-state index is -0.622. The molecular weight excluding hydrogens is 148 g/mol. The fourth-order valence-electron chi connectivity index (χ4n) is 0.469. The van der Waals surface area contributed by atoms with Crippen molar-refractivity contribution in [3.63, 3.8) is 0 Å². The Hall–Kier alpha value is -0.353. The number of hydrogen-bond acceptors (Lipinski definition) is 3. The van der Waals surface area contributed by atoms with E-state index in [0.29, 0.717) is 6.23 Å². The van der Waals surface area contributed by atoms with E-state index in [1.54, 1.807) is 0 Å². The summed E-state index contributed by atoms with van der Waals surface area (Å²) in [5, 5.41) is 0. The Morgan fingerprint density at radius 1 is 1.60 bits per heavy atom. The van der Waals surface area contributed by atoms with Crippen molar-refractivity contribution in [1.29, 1.82) is 0 Å². The van der Waals surface area contributed by atoms with Crippen LogP contribution in [0.5, 0.6) is 0 Å². The Morgan fingerprint density at radius 2 is 2.20 bits per heavy atom. The summed E-state index contributed by atoms with van der Waals surface area (Å²) in [6.45, 7) is 5.35. The molecule has 0 saturated heterocycles. The highest BCUT2D eigenvalue weighted by Gasteiger charge is 1.95. The van der Waals surface area contributed by atoms with Gasteiger partial charge < -0.3 is 9.16 Å². The van der Waals surface area contributed by atoms with Gasteiger partial charge in [-0.15, -0.1) is 0 Å². The predicted octanol–water partition coefficient (Wildman–Crippen LogP) is 0.0158. The van der Waals surface area contributed by atoms with Crippen LogP contribution >= 0.6 is 0 Å². The van der Waals surface area contributed by atoms with E-state index >= 15 is 0 Å². The van der Waals surface area contributed by atoms with Gasteiger partial charge in [0.15, 0.2) is 0 Å². The second-order valence-electron chi connectivity index (χ2n) is 2.26. The Morgan fingerprint density at radius 3 is 2.60 bits per heavy atom. The van der Waals surface area contributed by atoms with E-state index in [4.69, 9.17) is 9.16 Å². The van der Waals surface area contributed by atoms with Gasteiger partial charge in [0.2, 0.25) is 9.76 Å². The molecule has 0 fully saturated rings. The van der Waals surface area contributed by atoms with E-state index in [0.717, 1.165) is 0 Å². The largest absolute Gasteiger partial charge is 0.467 e. The highest BCUT2D eigenvalue weighted by Crippen LogP contribution is 1.84. The summed E-state index contributed by atoms with van der Waals surface area (Å²) < 4.78 is 9.94. The van der Waals surface area contributed by atoms with Crippen molar-refractivity contribution < 1.29 is 14.0 Å². The second kappa shape index (κ2) is 5.43. The zero-order valence-electron chi connectivity index (χ0n) is 6.72. The van der Waals surface area contributed by atoms with Crippen LogP contribution in [0.2, 0.25) is 0 Å². The molecule has 4 heteroatoms. The molecule has 0 heterocycles. The Balaban J connectivity index is 2.98. The fourth-order valence-corrected chi connectivity index (χ4v) is 1.41. The van der Waals surface area contributed by atoms with E-state index in [9.17, 15) is 4.79 Å². The minimum absolute atomic E-state index is 0.222. The standard InChI is InChI=1S/C6H14O3Si/c1-5(2)9-10-4-8-6(3)7/h5H,4,10H2,1-3H3. The number of carbonyl (C=O) groups is 1. The SMILES string of the molecule is CC(=O)OC[SiH2]OC(C)C. The summed E-state index contributed by atoms with van der Waals surface area (Å²) in [6.07, 6.45) is 0.760. The number of rotatable bonds is 4. The van der Waals surface area contributed by atoms with Crippen LogP contribution < -0.4 is 0 Å². The molecule has 0 atom stereocenters. The lowest BCUT2D eigenvalue weighted by atomic mass is 10.5. The molecule has 10 heavy (non-hydrogen) atoms. The first kappa shape index (κ1) is 9.65. The summed E-state index contributed by atoms with van der Waals surface area (Å²) in [6, 6.07) is 0. The summed E-state index contributed by atoms with van der Waals surface area (Å²) in [4.78, 5) is 10.2. The van der Waals surface area contributed by atoms with Crippen molar-refractivity contribution in [1.82, 2.24) is 0 Å². The first-order valence-corrected chi connectivity index (χ1v) is 4.95. The Kier molecular flexibility index (Phi) is 5.24. The van der Waals surface area contributed by atoms with Gasteiger partial charge >= 0.3 is 5.97 Å². The summed E-state index contributed by atoms with van der Waals surface area (Å²) in [5.41, 5.74) is 0. The fraction of sp³-hybridized carbons (Fsp3) is 0.833. The van der Waals surface area contributed by atoms with Gasteiger partial charge in [-0.2, -0.15) is 0 Å². The van der Waals surface area contributed by atoms with Crippen LogP contribution in [0.3, 0.4) is 0 Å². The van der Waals surface area contributed by atoms with Crippen molar-refractivity contribution in [3.05, 3.63) is 0 Å². The van der Waals surface area contributed by atoms with Crippen molar-refractivity contribution in [2.24, 2.45) is 0 Å². The molecule has 0 aromatic carbocycles. The van der Waals surface area contributed by atoms with Crippen LogP contribution in [0.1, 0.15) is 20.8 Å². The lowest BCUT2D eigenvalue weighted by molar-refractivity contribution is -0.139. The molecule has 0 saturated carbocycles. The molecule has 0 aliphatic rings. The van der Waals surface area contributed by atoms with Gasteiger partial charge in [0.05, 0.1) is 0 Å². The first-order valence-electron chi connectivity index (χ1n) is 3.38. The van der Waals surface area contributed by atoms with Gasteiger partial charge in [-0.3, -0.25) is 4.79 Å². The number of hydrogen-bond donors (Lipinski definition) is 0. The normalized spacial score (nSPS) is 11.2. The molecule has 60 valence electrons. The highest BCUT2D eigenvalue weighted by atomic mass is 28.2. The Bertz CT molecular complexity index is 103. The van der Waals surface area contributed by atoms with Crippen LogP contribution in [0.25, 0.3) is 0 Å². The maximum atomic E-state index is 10.2. The van der Waals surface area contributed by atoms with E-state index in [2.05, 4.69) is 0 Å². The van der Waals surface area contributed by atoms with E-state index in [-0.39, 0.29) is 12.1 Å². The number of carbonyl (C=O) groups excluding carboxylic acids is 1. The summed E-state index contributed by atoms with van der Waals surface area (Å²) in [7, 11) is -0.622. The van der Waals surface area contributed by atoms with Crippen molar-refractivity contribution in [2.75, 3.05) is 6.23 Å². The minimum Gasteiger partial charge on any atom is -0.467 e. The van der Waals surface area contributed by atoms with Gasteiger partial charge in [-0.1, -0.05) is 0 Å². The lowest BCUT2D eigenvalue weighted by Crippen LogP contribution is -2.14. The van der Waals surface area contributed by atoms with E-state index in [1.165, 1.54) is 6.92 Å². The molecule has 0 amide bonds. The van der Waals surface area contributed by atoms with Crippen molar-refractivity contribution >= 4 is 15.7 Å². The molecule has 0 spiro atoms. The van der Waals surface area contributed by atoms with Crippen LogP contribution in [0.4, 0.5) is 0 Å². The summed E-state index contributed by atoms with van der Waals surface area (Å²) in [5.74, 6) is -0.222. The van der Waals surface area contributed by atoms with Gasteiger partial charge in [0, 0.05) is 13.0 Å². The molecule has 0 aromatic heterocycles. The van der Waals surface area contributed by atoms with Gasteiger partial charge in [-0.05, 0) is 13.8 Å². The predicted molar refractivity (Wildman–Crippen MR) is 41.4 cm³/mol. The average Bonchev–Trinajstić information content (AvgIpc) is 1.79. The average molecular weight is 162 g/mol. The molecule has 0 aliphatic heterocycles. The molecule has 0 radical (unpaired) electrons. The maximum Gasteiger partial charge on any atom is 0.302 e. The van der Waals surface area contributed by atoms with Gasteiger partial charge in [-0.25, -0.2) is 0 Å². The second-order valence-corrected chi connectivity index (χ2v) is 3.41. The van der Waals surface area contributed by atoms with Gasteiger partial charge in [0.25, 0.3) is 0 Å². The molecule has 0 bridgehead atoms. The topological polar surface area (TPSA) is 35.5 Å². The van der Waals surface area contributed by atoms with Crippen molar-refractivity contribution in [2.45, 2.75) is 26.9 Å². The molecule has 0 rings (SSSR count). The zero-order valence-corrected chi connectivity index (χ0v) is 8.13. The molecule has 0 aliphatic carbocycles. The zero-order chi connectivity index (χ0) is 7.98. The number of ether oxygens (including phenoxy) is 1. The molecule has 3 nitrogen and oxygen atoms in total. The van der Waals surface area contributed by atoms with Gasteiger partial charge in [0.1, 0.15) is 6.23 Å². The van der Waals surface area contributed by atoms with Crippen molar-refractivity contribution in [3.8, 4) is 0 Å². The van der Waals surface area contributed by atoms with Crippen LogP contribution in [0, 0.1) is 0 Å². The third-order valence-corrected chi connectivity index (χ3v) is 2.11. The smallest absolute Gasteiger partial charge is 0.302 e. The lowest BCUT2D eigenvalue weighted by Gasteiger charge is -2.06. The third-order valence-electron chi connectivity index (χ3n) is 0.840. The molecular formula is C6H14O3Si. The maximum absolute atomic E-state index is 10.2. The van der Waals surface area contributed by atoms with E-state index in [1.807, 2.05) is 13.8 Å².